The predicted octanol–water partition coefficient (Wildman–Crippen LogP) is 3.58. The molecule has 0 aliphatic rings. The van der Waals surface area contributed by atoms with Crippen LogP contribution in [0.3, 0.4) is 0 Å². The van der Waals surface area contributed by atoms with Crippen molar-refractivity contribution in [3.05, 3.63) is 47.5 Å². The lowest BCUT2D eigenvalue weighted by atomic mass is 10.1. The molecule has 0 bridgehead atoms. The van der Waals surface area contributed by atoms with E-state index in [1.807, 2.05) is 18.2 Å². The molecule has 12 heavy (non-hydrogen) atoms. The smallest absolute Gasteiger partial charge is 0.0114 e. The van der Waals surface area contributed by atoms with Gasteiger partial charge in [-0.1, -0.05) is 49.8 Å². The van der Waals surface area contributed by atoms with Crippen LogP contribution in [0.2, 0.25) is 0 Å². The molecule has 0 atom stereocenters. The molecule has 0 aliphatic carbocycles. The fourth-order valence-electron chi connectivity index (χ4n) is 1.15. The first-order valence-electron chi connectivity index (χ1n) is 4.53. The van der Waals surface area contributed by atoms with Crippen LogP contribution in [-0.4, -0.2) is 0 Å². The minimum Gasteiger partial charge on any atom is -0.0623 e. The monoisotopic (exact) mass is 159 g/mol. The second-order valence-electron chi connectivity index (χ2n) is 2.80. The van der Waals surface area contributed by atoms with Gasteiger partial charge in [0.15, 0.2) is 0 Å². The minimum atomic E-state index is 1.10. The first-order valence-corrected chi connectivity index (χ1v) is 4.53. The van der Waals surface area contributed by atoms with Gasteiger partial charge in [0.1, 0.15) is 0 Å². The predicted molar refractivity (Wildman–Crippen MR) is 52.9 cm³/mol. The maximum atomic E-state index is 3.40. The third kappa shape index (κ3) is 2.54. The Labute approximate surface area is 74.9 Å². The molecule has 1 radical (unpaired) electrons. The van der Waals surface area contributed by atoms with E-state index in [4.69, 9.17) is 0 Å². The molecule has 0 N–H and O–H groups in total. The fraction of sp³-hybridized carbons (Fsp3) is 0.333. The maximum absolute atomic E-state index is 3.40. The fourth-order valence-corrected chi connectivity index (χ4v) is 1.15. The molecule has 0 heteroatoms. The number of rotatable bonds is 3. The second-order valence-corrected chi connectivity index (χ2v) is 2.80. The van der Waals surface area contributed by atoms with Crippen LogP contribution in [0.15, 0.2) is 35.9 Å². The molecular weight excluding hydrogens is 144 g/mol. The van der Waals surface area contributed by atoms with Crippen molar-refractivity contribution < 1.29 is 0 Å². The highest BCUT2D eigenvalue weighted by molar-refractivity contribution is 5.24. The zero-order chi connectivity index (χ0) is 8.81. The highest BCUT2D eigenvalue weighted by Gasteiger charge is 1.91. The van der Waals surface area contributed by atoms with Gasteiger partial charge in [-0.15, -0.1) is 0 Å². The Hall–Kier alpha value is -1.04. The number of benzene rings is 1. The Morgan fingerprint density at radius 3 is 2.17 bits per heavy atom. The second kappa shape index (κ2) is 4.76. The summed E-state index contributed by atoms with van der Waals surface area (Å²) in [7, 11) is 0. The van der Waals surface area contributed by atoms with E-state index in [1.54, 1.807) is 0 Å². The average Bonchev–Trinajstić information content (AvgIpc) is 2.16. The van der Waals surface area contributed by atoms with Crippen LogP contribution in [0.25, 0.3) is 0 Å². The van der Waals surface area contributed by atoms with Crippen molar-refractivity contribution in [2.45, 2.75) is 26.7 Å². The van der Waals surface area contributed by atoms with Gasteiger partial charge in [-0.3, -0.25) is 0 Å². The summed E-state index contributed by atoms with van der Waals surface area (Å²) in [4.78, 5) is 0. The molecule has 0 saturated carbocycles. The Bertz CT molecular complexity index is 238. The van der Waals surface area contributed by atoms with E-state index in [1.165, 1.54) is 11.1 Å². The van der Waals surface area contributed by atoms with Crippen molar-refractivity contribution in [3.8, 4) is 0 Å². The third-order valence-electron chi connectivity index (χ3n) is 1.95. The lowest BCUT2D eigenvalue weighted by molar-refractivity contribution is 0.968. The first kappa shape index (κ1) is 9.05. The zero-order valence-corrected chi connectivity index (χ0v) is 7.80. The van der Waals surface area contributed by atoms with Gasteiger partial charge in [-0.2, -0.15) is 0 Å². The highest BCUT2D eigenvalue weighted by atomic mass is 14.0. The molecule has 0 aliphatic heterocycles. The summed E-state index contributed by atoms with van der Waals surface area (Å²) in [6, 6.07) is 10.3. The van der Waals surface area contributed by atoms with Crippen LogP contribution in [0.5, 0.6) is 0 Å². The highest BCUT2D eigenvalue weighted by Crippen LogP contribution is 2.09. The van der Waals surface area contributed by atoms with Gasteiger partial charge in [0.25, 0.3) is 0 Å². The molecule has 0 spiro atoms. The Morgan fingerprint density at radius 1 is 1.08 bits per heavy atom. The topological polar surface area (TPSA) is 0 Å². The molecule has 1 rings (SSSR count). The Kier molecular flexibility index (Phi) is 3.59. The molecule has 0 heterocycles. The quantitative estimate of drug-likeness (QED) is 0.632. The van der Waals surface area contributed by atoms with E-state index in [0.717, 1.165) is 12.8 Å². The van der Waals surface area contributed by atoms with Crippen LogP contribution < -0.4 is 0 Å². The van der Waals surface area contributed by atoms with Crippen molar-refractivity contribution in [2.24, 2.45) is 0 Å². The Morgan fingerprint density at radius 2 is 1.67 bits per heavy atom. The van der Waals surface area contributed by atoms with Crippen molar-refractivity contribution in [1.82, 2.24) is 0 Å². The van der Waals surface area contributed by atoms with Gasteiger partial charge in [0.05, 0.1) is 0 Å². The van der Waals surface area contributed by atoms with Crippen molar-refractivity contribution in [3.63, 3.8) is 0 Å². The Balaban J connectivity index is 2.79. The summed E-state index contributed by atoms with van der Waals surface area (Å²) in [5, 5.41) is 0. The normalized spacial score (nSPS) is 9.50. The van der Waals surface area contributed by atoms with Gasteiger partial charge >= 0.3 is 0 Å². The summed E-state index contributed by atoms with van der Waals surface area (Å²) in [6.45, 7) is 4.35. The summed E-state index contributed by atoms with van der Waals surface area (Å²) in [5.41, 5.74) is 2.58. The number of hydrogen-bond donors (Lipinski definition) is 0. The van der Waals surface area contributed by atoms with Crippen molar-refractivity contribution >= 4 is 0 Å². The molecule has 0 fully saturated rings. The lowest BCUT2D eigenvalue weighted by Gasteiger charge is -1.98. The van der Waals surface area contributed by atoms with Crippen molar-refractivity contribution in [2.75, 3.05) is 0 Å². The van der Waals surface area contributed by atoms with Crippen LogP contribution in [0.1, 0.15) is 32.3 Å². The number of hydrogen-bond acceptors (Lipinski definition) is 0. The summed E-state index contributed by atoms with van der Waals surface area (Å²) >= 11 is 0. The van der Waals surface area contributed by atoms with E-state index in [2.05, 4.69) is 32.1 Å². The minimum absolute atomic E-state index is 1.10. The molecule has 63 valence electrons. The zero-order valence-electron chi connectivity index (χ0n) is 7.80. The summed E-state index contributed by atoms with van der Waals surface area (Å²) in [6.07, 6.45) is 5.60. The van der Waals surface area contributed by atoms with E-state index >= 15 is 0 Å². The summed E-state index contributed by atoms with van der Waals surface area (Å²) in [5.74, 6) is 0. The van der Waals surface area contributed by atoms with Crippen LogP contribution in [-0.2, 0) is 0 Å². The molecule has 1 aromatic carbocycles. The van der Waals surface area contributed by atoms with E-state index in [-0.39, 0.29) is 0 Å². The standard InChI is InChI=1S/C12H15/c1-3-11(4-2)10-12-8-6-5-7-9-12/h5-9H,3-4H2,1-2H3. The average molecular weight is 159 g/mol. The summed E-state index contributed by atoms with van der Waals surface area (Å²) < 4.78 is 0. The van der Waals surface area contributed by atoms with Crippen molar-refractivity contribution in [1.29, 1.82) is 0 Å². The molecule has 0 saturated heterocycles. The lowest BCUT2D eigenvalue weighted by Crippen LogP contribution is -1.80. The molecule has 0 amide bonds. The van der Waals surface area contributed by atoms with E-state index < -0.39 is 0 Å². The molecule has 0 unspecified atom stereocenters. The van der Waals surface area contributed by atoms with Crippen LogP contribution in [0.4, 0.5) is 0 Å². The number of allylic oxidation sites excluding steroid dienone is 1. The first-order chi connectivity index (χ1) is 5.86. The molecule has 1 aromatic rings. The van der Waals surface area contributed by atoms with Gasteiger partial charge in [0, 0.05) is 0 Å². The largest absolute Gasteiger partial charge is 0.0623 e. The molecule has 0 aromatic heterocycles. The third-order valence-corrected chi connectivity index (χ3v) is 1.95. The molecule has 0 nitrogen and oxygen atoms in total. The van der Waals surface area contributed by atoms with Gasteiger partial charge in [-0.05, 0) is 24.5 Å². The molecular formula is C12H15. The van der Waals surface area contributed by atoms with E-state index in [9.17, 15) is 0 Å². The SMILES string of the molecule is CCC(=[C]c1ccccc1)CC. The van der Waals surface area contributed by atoms with Gasteiger partial charge in [-0.25, -0.2) is 0 Å². The maximum Gasteiger partial charge on any atom is -0.0114 e. The van der Waals surface area contributed by atoms with Gasteiger partial charge < -0.3 is 0 Å². The van der Waals surface area contributed by atoms with Crippen LogP contribution >= 0.6 is 0 Å². The van der Waals surface area contributed by atoms with E-state index in [0.29, 0.717) is 0 Å². The van der Waals surface area contributed by atoms with Gasteiger partial charge in [0.2, 0.25) is 0 Å². The van der Waals surface area contributed by atoms with Crippen LogP contribution in [0, 0.1) is 6.08 Å².